The number of aryl methyl sites for hydroxylation is 2. The molecule has 1 aliphatic rings. The highest BCUT2D eigenvalue weighted by atomic mass is 16.6. The second-order valence-electron chi connectivity index (χ2n) is 8.76. The van der Waals surface area contributed by atoms with Crippen LogP contribution in [0.4, 0.5) is 10.6 Å². The Morgan fingerprint density at radius 2 is 1.87 bits per heavy atom. The van der Waals surface area contributed by atoms with Crippen LogP contribution >= 0.6 is 0 Å². The van der Waals surface area contributed by atoms with E-state index in [1.54, 1.807) is 16.5 Å². The number of piperazine rings is 1. The van der Waals surface area contributed by atoms with Crippen LogP contribution in [0.15, 0.2) is 4.79 Å². The first-order chi connectivity index (χ1) is 14.0. The van der Waals surface area contributed by atoms with Crippen molar-refractivity contribution in [3.8, 4) is 0 Å². The highest BCUT2D eigenvalue weighted by Gasteiger charge is 2.36. The molecule has 2 aromatic heterocycles. The zero-order valence-electron chi connectivity index (χ0n) is 18.7. The molecule has 0 N–H and O–H groups in total. The predicted octanol–water partition coefficient (Wildman–Crippen LogP) is 1.80. The molecular weight excluding hydrogens is 388 g/mol. The maximum absolute atomic E-state index is 12.7. The highest BCUT2D eigenvalue weighted by Crippen LogP contribution is 2.28. The number of amides is 1. The van der Waals surface area contributed by atoms with Gasteiger partial charge in [-0.1, -0.05) is 0 Å². The van der Waals surface area contributed by atoms with Crippen LogP contribution in [0.2, 0.25) is 0 Å². The molecule has 2 atom stereocenters. The van der Waals surface area contributed by atoms with Crippen LogP contribution in [-0.4, -0.2) is 67.2 Å². The quantitative estimate of drug-likeness (QED) is 0.700. The van der Waals surface area contributed by atoms with E-state index < -0.39 is 11.3 Å². The molecule has 0 aliphatic carbocycles. The Bertz CT molecular complexity index is 1030. The van der Waals surface area contributed by atoms with Crippen molar-refractivity contribution in [2.45, 2.75) is 65.8 Å². The molecule has 164 valence electrons. The number of nitrogens with zero attached hydrogens (tertiary/aromatic N) is 6. The molecule has 1 amide bonds. The summed E-state index contributed by atoms with van der Waals surface area (Å²) < 4.78 is 8.65. The van der Waals surface area contributed by atoms with Gasteiger partial charge >= 0.3 is 11.8 Å². The normalized spacial score (nSPS) is 20.0. The maximum Gasteiger partial charge on any atom is 0.410 e. The van der Waals surface area contributed by atoms with Crippen molar-refractivity contribution < 1.29 is 14.3 Å². The van der Waals surface area contributed by atoms with Gasteiger partial charge < -0.3 is 19.1 Å². The third-order valence-electron chi connectivity index (χ3n) is 5.31. The number of aromatic nitrogens is 4. The molecule has 10 heteroatoms. The van der Waals surface area contributed by atoms with Crippen molar-refractivity contribution in [2.24, 2.45) is 7.05 Å². The lowest BCUT2D eigenvalue weighted by Crippen LogP contribution is -2.59. The standard InChI is InChI=1S/C20H30N6O4/c1-8-24-17-15(21-14(11-27)23(17)7)16(22-18(24)28)25-9-13(3)26(10-12(25)2)19(29)30-20(4,5)6/h11-13H,8-10H2,1-7H3/t12-,13+/m0/s1. The second-order valence-corrected chi connectivity index (χ2v) is 8.76. The van der Waals surface area contributed by atoms with E-state index in [4.69, 9.17) is 4.74 Å². The SMILES string of the molecule is CCn1c(=O)nc(N2C[C@@H](C)N(C(=O)OC(C)(C)C)C[C@@H]2C)c2nc(C=O)n(C)c21. The van der Waals surface area contributed by atoms with Crippen LogP contribution in [0.5, 0.6) is 0 Å². The first-order valence-corrected chi connectivity index (χ1v) is 10.2. The number of carbonyl (C=O) groups excluding carboxylic acids is 2. The van der Waals surface area contributed by atoms with E-state index in [0.29, 0.717) is 42.9 Å². The summed E-state index contributed by atoms with van der Waals surface area (Å²) in [6.07, 6.45) is 0.308. The van der Waals surface area contributed by atoms with Crippen LogP contribution < -0.4 is 10.6 Å². The van der Waals surface area contributed by atoms with Crippen molar-refractivity contribution in [3.05, 3.63) is 16.3 Å². The van der Waals surface area contributed by atoms with Gasteiger partial charge in [0.05, 0.1) is 0 Å². The smallest absolute Gasteiger partial charge is 0.410 e. The Morgan fingerprint density at radius 1 is 1.20 bits per heavy atom. The van der Waals surface area contributed by atoms with Gasteiger partial charge in [-0.15, -0.1) is 0 Å². The fourth-order valence-electron chi connectivity index (χ4n) is 3.85. The summed E-state index contributed by atoms with van der Waals surface area (Å²) in [5, 5.41) is 0. The van der Waals surface area contributed by atoms with Crippen LogP contribution in [0.1, 0.15) is 52.2 Å². The highest BCUT2D eigenvalue weighted by molar-refractivity contribution is 5.88. The fraction of sp³-hybridized carbons (Fsp3) is 0.650. The summed E-state index contributed by atoms with van der Waals surface area (Å²) in [4.78, 5) is 49.2. The van der Waals surface area contributed by atoms with Gasteiger partial charge in [0.2, 0.25) is 0 Å². The number of anilines is 1. The largest absolute Gasteiger partial charge is 0.444 e. The summed E-state index contributed by atoms with van der Waals surface area (Å²) in [5.41, 5.74) is 0.0964. The molecule has 10 nitrogen and oxygen atoms in total. The van der Waals surface area contributed by atoms with Gasteiger partial charge in [-0.25, -0.2) is 14.6 Å². The average Bonchev–Trinajstić information content (AvgIpc) is 2.98. The lowest BCUT2D eigenvalue weighted by Gasteiger charge is -2.44. The minimum Gasteiger partial charge on any atom is -0.444 e. The average molecular weight is 418 g/mol. The van der Waals surface area contributed by atoms with E-state index in [-0.39, 0.29) is 24.0 Å². The lowest BCUT2D eigenvalue weighted by atomic mass is 10.1. The third kappa shape index (κ3) is 3.78. The van der Waals surface area contributed by atoms with Gasteiger partial charge in [-0.2, -0.15) is 4.98 Å². The Morgan fingerprint density at radius 3 is 2.43 bits per heavy atom. The van der Waals surface area contributed by atoms with E-state index in [0.717, 1.165) is 0 Å². The molecule has 1 fully saturated rings. The number of ether oxygens (including phenoxy) is 1. The van der Waals surface area contributed by atoms with Crippen molar-refractivity contribution in [1.82, 2.24) is 24.0 Å². The van der Waals surface area contributed by atoms with Gasteiger partial charge in [0.1, 0.15) is 16.8 Å². The fourth-order valence-corrected chi connectivity index (χ4v) is 3.85. The summed E-state index contributed by atoms with van der Waals surface area (Å²) in [6.45, 7) is 12.6. The van der Waals surface area contributed by atoms with Crippen molar-refractivity contribution in [2.75, 3.05) is 18.0 Å². The van der Waals surface area contributed by atoms with E-state index >= 15 is 0 Å². The zero-order valence-corrected chi connectivity index (χ0v) is 18.7. The molecule has 2 aromatic rings. The predicted molar refractivity (Wildman–Crippen MR) is 113 cm³/mol. The van der Waals surface area contributed by atoms with Gasteiger partial charge in [-0.05, 0) is 41.5 Å². The van der Waals surface area contributed by atoms with Gasteiger partial charge in [0, 0.05) is 38.8 Å². The Balaban J connectivity index is 2.02. The van der Waals surface area contributed by atoms with E-state index in [1.165, 1.54) is 4.57 Å². The molecule has 1 aliphatic heterocycles. The molecule has 3 rings (SSSR count). The number of hydrogen-bond donors (Lipinski definition) is 0. The van der Waals surface area contributed by atoms with Crippen molar-refractivity contribution in [1.29, 1.82) is 0 Å². The monoisotopic (exact) mass is 418 g/mol. The van der Waals surface area contributed by atoms with E-state index in [9.17, 15) is 14.4 Å². The maximum atomic E-state index is 12.7. The Kier molecular flexibility index (Phi) is 5.62. The van der Waals surface area contributed by atoms with Gasteiger partial charge in [-0.3, -0.25) is 9.36 Å². The summed E-state index contributed by atoms with van der Waals surface area (Å²) >= 11 is 0. The molecule has 0 bridgehead atoms. The molecule has 0 saturated carbocycles. The van der Waals surface area contributed by atoms with E-state index in [1.807, 2.05) is 46.4 Å². The number of imidazole rings is 1. The lowest BCUT2D eigenvalue weighted by molar-refractivity contribution is 0.0130. The molecule has 0 radical (unpaired) electrons. The van der Waals surface area contributed by atoms with Crippen LogP contribution in [0.25, 0.3) is 11.2 Å². The Labute approximate surface area is 175 Å². The molecular formula is C20H30N6O4. The number of rotatable bonds is 3. The van der Waals surface area contributed by atoms with Crippen LogP contribution in [0.3, 0.4) is 0 Å². The molecule has 0 aromatic carbocycles. The summed E-state index contributed by atoms with van der Waals surface area (Å²) in [7, 11) is 1.71. The van der Waals surface area contributed by atoms with Crippen LogP contribution in [-0.2, 0) is 18.3 Å². The summed E-state index contributed by atoms with van der Waals surface area (Å²) in [5.74, 6) is 0.667. The third-order valence-corrected chi connectivity index (χ3v) is 5.31. The molecule has 1 saturated heterocycles. The van der Waals surface area contributed by atoms with Crippen molar-refractivity contribution >= 4 is 29.4 Å². The van der Waals surface area contributed by atoms with Gasteiger partial charge in [0.15, 0.2) is 17.9 Å². The van der Waals surface area contributed by atoms with E-state index in [2.05, 4.69) is 9.97 Å². The van der Waals surface area contributed by atoms with Crippen molar-refractivity contribution in [3.63, 3.8) is 0 Å². The zero-order chi connectivity index (χ0) is 22.4. The number of fused-ring (bicyclic) bond motifs is 1. The topological polar surface area (TPSA) is 103 Å². The molecule has 0 spiro atoms. The molecule has 0 unspecified atom stereocenters. The Hall–Kier alpha value is -2.91. The first-order valence-electron chi connectivity index (χ1n) is 10.2. The minimum absolute atomic E-state index is 0.122. The first kappa shape index (κ1) is 21.8. The minimum atomic E-state index is -0.575. The number of carbonyl (C=O) groups is 2. The van der Waals surface area contributed by atoms with Crippen LogP contribution in [0, 0.1) is 0 Å². The number of aldehydes is 1. The second kappa shape index (κ2) is 7.73. The van der Waals surface area contributed by atoms with Gasteiger partial charge in [0.25, 0.3) is 0 Å². The summed E-state index contributed by atoms with van der Waals surface area (Å²) in [6, 6.07) is -0.279. The molecule has 30 heavy (non-hydrogen) atoms. The number of hydrogen-bond acceptors (Lipinski definition) is 7. The molecule has 3 heterocycles.